The lowest BCUT2D eigenvalue weighted by Gasteiger charge is -2.27. The summed E-state index contributed by atoms with van der Waals surface area (Å²) in [5, 5.41) is 0. The molecule has 1 aliphatic rings. The van der Waals surface area contributed by atoms with Crippen LogP contribution in [0.4, 0.5) is 4.39 Å². The Bertz CT molecular complexity index is 1340. The SMILES string of the molecule is COc1ccc(F)cc1-c1ccc(CN2CCc3nc(-c4cncnc4)[nH]c(=O)c3C2)cn1. The minimum absolute atomic E-state index is 0.143. The molecule has 166 valence electrons. The second-order valence-electron chi connectivity index (χ2n) is 7.82. The van der Waals surface area contributed by atoms with Gasteiger partial charge in [-0.25, -0.2) is 19.3 Å². The van der Waals surface area contributed by atoms with Crippen molar-refractivity contribution in [1.29, 1.82) is 0 Å². The molecule has 33 heavy (non-hydrogen) atoms. The second kappa shape index (κ2) is 8.87. The molecule has 0 saturated heterocycles. The highest BCUT2D eigenvalue weighted by Crippen LogP contribution is 2.29. The molecule has 0 aliphatic carbocycles. The van der Waals surface area contributed by atoms with Gasteiger partial charge < -0.3 is 9.72 Å². The number of nitrogens with zero attached hydrogens (tertiary/aromatic N) is 5. The van der Waals surface area contributed by atoms with Crippen LogP contribution in [0.1, 0.15) is 16.8 Å². The van der Waals surface area contributed by atoms with Crippen LogP contribution in [0.3, 0.4) is 0 Å². The van der Waals surface area contributed by atoms with Crippen molar-refractivity contribution in [2.24, 2.45) is 0 Å². The van der Waals surface area contributed by atoms with E-state index in [-0.39, 0.29) is 11.4 Å². The van der Waals surface area contributed by atoms with Crippen molar-refractivity contribution in [3.8, 4) is 28.4 Å². The maximum atomic E-state index is 13.7. The number of halogens is 1. The van der Waals surface area contributed by atoms with Gasteiger partial charge in [0.1, 0.15) is 23.7 Å². The summed E-state index contributed by atoms with van der Waals surface area (Å²) in [7, 11) is 1.55. The number of aromatic amines is 1. The van der Waals surface area contributed by atoms with Crippen molar-refractivity contribution in [3.05, 3.63) is 88.2 Å². The molecule has 0 fully saturated rings. The highest BCUT2D eigenvalue weighted by atomic mass is 19.1. The third-order valence-electron chi connectivity index (χ3n) is 5.65. The lowest BCUT2D eigenvalue weighted by atomic mass is 10.1. The van der Waals surface area contributed by atoms with Gasteiger partial charge in [0.05, 0.1) is 29.6 Å². The zero-order chi connectivity index (χ0) is 22.8. The number of hydrogen-bond acceptors (Lipinski definition) is 7. The number of aromatic nitrogens is 5. The first kappa shape index (κ1) is 20.9. The van der Waals surface area contributed by atoms with Crippen LogP contribution in [0, 0.1) is 5.82 Å². The third-order valence-corrected chi connectivity index (χ3v) is 5.65. The quantitative estimate of drug-likeness (QED) is 0.505. The Balaban J connectivity index is 1.32. The molecule has 4 aromatic rings. The van der Waals surface area contributed by atoms with Crippen LogP contribution in [0.25, 0.3) is 22.6 Å². The summed E-state index contributed by atoms with van der Waals surface area (Å²) in [6.45, 7) is 1.91. The Labute approximate surface area is 189 Å². The summed E-state index contributed by atoms with van der Waals surface area (Å²) in [5.41, 5.74) is 4.26. The van der Waals surface area contributed by atoms with Crippen molar-refractivity contribution >= 4 is 0 Å². The smallest absolute Gasteiger partial charge is 0.255 e. The molecule has 1 aromatic carbocycles. The molecular weight excluding hydrogens is 423 g/mol. The summed E-state index contributed by atoms with van der Waals surface area (Å²) < 4.78 is 19.0. The Kier molecular flexibility index (Phi) is 5.62. The standard InChI is InChI=1S/C24H21FN6O2/c1-33-22-5-3-17(25)8-18(22)20-4-2-15(9-28-20)12-31-7-6-21-19(13-31)24(32)30-23(29-21)16-10-26-14-27-11-16/h2-5,8-11,14H,6-7,12-13H2,1H3,(H,29,30,32). The second-order valence-corrected chi connectivity index (χ2v) is 7.82. The van der Waals surface area contributed by atoms with Crippen molar-refractivity contribution in [2.75, 3.05) is 13.7 Å². The maximum absolute atomic E-state index is 13.7. The van der Waals surface area contributed by atoms with Gasteiger partial charge in [-0.3, -0.25) is 14.7 Å². The Hall–Kier alpha value is -3.98. The molecule has 0 radical (unpaired) electrons. The number of H-pyrrole nitrogens is 1. The van der Waals surface area contributed by atoms with Gasteiger partial charge in [0.25, 0.3) is 5.56 Å². The first-order valence-corrected chi connectivity index (χ1v) is 10.5. The van der Waals surface area contributed by atoms with Crippen molar-refractivity contribution in [1.82, 2.24) is 29.8 Å². The van der Waals surface area contributed by atoms with E-state index in [9.17, 15) is 9.18 Å². The van der Waals surface area contributed by atoms with Crippen molar-refractivity contribution in [3.63, 3.8) is 0 Å². The third kappa shape index (κ3) is 4.35. The fraction of sp³-hybridized carbons (Fsp3) is 0.208. The number of pyridine rings is 1. The van der Waals surface area contributed by atoms with E-state index in [0.29, 0.717) is 53.5 Å². The van der Waals surface area contributed by atoms with E-state index in [1.807, 2.05) is 12.1 Å². The first-order chi connectivity index (χ1) is 16.1. The normalized spacial score (nSPS) is 13.5. The van der Waals surface area contributed by atoms with Crippen LogP contribution in [0.5, 0.6) is 5.75 Å². The molecule has 0 saturated carbocycles. The predicted octanol–water partition coefficient (Wildman–Crippen LogP) is 2.99. The number of hydrogen-bond donors (Lipinski definition) is 1. The van der Waals surface area contributed by atoms with Gasteiger partial charge in [0.15, 0.2) is 0 Å². The number of fused-ring (bicyclic) bond motifs is 1. The van der Waals surface area contributed by atoms with Crippen LogP contribution in [-0.2, 0) is 19.5 Å². The zero-order valence-electron chi connectivity index (χ0n) is 18.0. The van der Waals surface area contributed by atoms with Gasteiger partial charge in [0, 0.05) is 50.2 Å². The van der Waals surface area contributed by atoms with Crippen LogP contribution in [0.15, 0.2) is 60.0 Å². The molecule has 0 bridgehead atoms. The van der Waals surface area contributed by atoms with Crippen LogP contribution >= 0.6 is 0 Å². The molecule has 0 atom stereocenters. The topological polar surface area (TPSA) is 96.9 Å². The molecule has 0 unspecified atom stereocenters. The molecule has 4 heterocycles. The maximum Gasteiger partial charge on any atom is 0.255 e. The average Bonchev–Trinajstić information content (AvgIpc) is 2.85. The average molecular weight is 444 g/mol. The van der Waals surface area contributed by atoms with E-state index < -0.39 is 0 Å². The number of methoxy groups -OCH3 is 1. The highest BCUT2D eigenvalue weighted by Gasteiger charge is 2.22. The Morgan fingerprint density at radius 1 is 1.15 bits per heavy atom. The monoisotopic (exact) mass is 444 g/mol. The van der Waals surface area contributed by atoms with Crippen molar-refractivity contribution in [2.45, 2.75) is 19.5 Å². The van der Waals surface area contributed by atoms with Gasteiger partial charge in [-0.05, 0) is 29.8 Å². The molecule has 0 amide bonds. The summed E-state index contributed by atoms with van der Waals surface area (Å²) in [6.07, 6.45) is 7.14. The molecule has 8 nitrogen and oxygen atoms in total. The molecule has 9 heteroatoms. The fourth-order valence-electron chi connectivity index (χ4n) is 3.99. The van der Waals surface area contributed by atoms with Crippen LogP contribution < -0.4 is 10.3 Å². The molecule has 5 rings (SSSR count). The lowest BCUT2D eigenvalue weighted by Crippen LogP contribution is -2.35. The fourth-order valence-corrected chi connectivity index (χ4v) is 3.99. The molecule has 0 spiro atoms. The minimum atomic E-state index is -0.342. The van der Waals surface area contributed by atoms with Crippen LogP contribution in [-0.4, -0.2) is 43.5 Å². The van der Waals surface area contributed by atoms with E-state index in [1.54, 1.807) is 31.8 Å². The Morgan fingerprint density at radius 3 is 2.76 bits per heavy atom. The molecule has 1 N–H and O–H groups in total. The summed E-state index contributed by atoms with van der Waals surface area (Å²) in [4.78, 5) is 34.9. The minimum Gasteiger partial charge on any atom is -0.496 e. The first-order valence-electron chi connectivity index (χ1n) is 10.5. The predicted molar refractivity (Wildman–Crippen MR) is 120 cm³/mol. The largest absolute Gasteiger partial charge is 0.496 e. The van der Waals surface area contributed by atoms with E-state index >= 15 is 0 Å². The number of benzene rings is 1. The number of nitrogens with one attached hydrogen (secondary N) is 1. The highest BCUT2D eigenvalue weighted by molar-refractivity contribution is 5.67. The van der Waals surface area contributed by atoms with E-state index in [2.05, 4.69) is 29.8 Å². The van der Waals surface area contributed by atoms with E-state index in [4.69, 9.17) is 4.74 Å². The summed E-state index contributed by atoms with van der Waals surface area (Å²) >= 11 is 0. The molecular formula is C24H21FN6O2. The van der Waals surface area contributed by atoms with Crippen molar-refractivity contribution < 1.29 is 9.13 Å². The summed E-state index contributed by atoms with van der Waals surface area (Å²) in [5.74, 6) is 0.711. The van der Waals surface area contributed by atoms with Crippen LogP contribution in [0.2, 0.25) is 0 Å². The number of ether oxygens (including phenoxy) is 1. The van der Waals surface area contributed by atoms with Gasteiger partial charge in [-0.2, -0.15) is 0 Å². The van der Waals surface area contributed by atoms with Gasteiger partial charge in [0.2, 0.25) is 0 Å². The Morgan fingerprint density at radius 2 is 2.00 bits per heavy atom. The van der Waals surface area contributed by atoms with Gasteiger partial charge >= 0.3 is 0 Å². The molecule has 1 aliphatic heterocycles. The summed E-state index contributed by atoms with van der Waals surface area (Å²) in [6, 6.07) is 8.18. The lowest BCUT2D eigenvalue weighted by molar-refractivity contribution is 0.241. The zero-order valence-corrected chi connectivity index (χ0v) is 18.0. The molecule has 3 aromatic heterocycles. The number of rotatable bonds is 5. The van der Waals surface area contributed by atoms with E-state index in [0.717, 1.165) is 17.8 Å². The van der Waals surface area contributed by atoms with Gasteiger partial charge in [-0.15, -0.1) is 0 Å². The van der Waals surface area contributed by atoms with Gasteiger partial charge in [-0.1, -0.05) is 6.07 Å². The van der Waals surface area contributed by atoms with E-state index in [1.165, 1.54) is 18.5 Å².